The molecular weight excluding hydrogens is 647 g/mol. The quantitative estimate of drug-likeness (QED) is 0.0319. The van der Waals surface area contributed by atoms with Gasteiger partial charge in [-0.15, -0.1) is 0 Å². The van der Waals surface area contributed by atoms with Gasteiger partial charge in [0.2, 0.25) is 0 Å². The first kappa shape index (κ1) is 48.0. The minimum atomic E-state index is -4.61. The molecule has 0 heterocycles. The van der Waals surface area contributed by atoms with Crippen LogP contribution < -0.4 is 0 Å². The van der Waals surface area contributed by atoms with E-state index in [0.717, 1.165) is 38.5 Å². The van der Waals surface area contributed by atoms with Crippen LogP contribution in [0.15, 0.2) is 0 Å². The lowest BCUT2D eigenvalue weighted by molar-refractivity contribution is -0.153. The second-order valence-electron chi connectivity index (χ2n) is 13.6. The summed E-state index contributed by atoms with van der Waals surface area (Å²) in [5, 5.41) is 18.9. The molecule has 0 amide bonds. The summed E-state index contributed by atoms with van der Waals surface area (Å²) >= 11 is 0. The molecule has 3 atom stereocenters. The number of phosphoric acid groups is 1. The molecule has 0 aromatic rings. The van der Waals surface area contributed by atoms with E-state index in [4.69, 9.17) is 18.5 Å². The predicted octanol–water partition coefficient (Wildman–Crippen LogP) is 9.89. The molecule has 11 heteroatoms. The number of ether oxygens (including phenoxy) is 2. The Morgan fingerprint density at radius 1 is 0.469 bits per heavy atom. The number of carbonyl (C=O) groups is 2. The van der Waals surface area contributed by atoms with Crippen LogP contribution in [0.2, 0.25) is 0 Å². The van der Waals surface area contributed by atoms with Gasteiger partial charge in [0.1, 0.15) is 12.2 Å². The van der Waals surface area contributed by atoms with E-state index in [2.05, 4.69) is 13.8 Å². The molecule has 0 bridgehead atoms. The van der Waals surface area contributed by atoms with Crippen molar-refractivity contribution in [2.75, 3.05) is 26.4 Å². The monoisotopic (exact) mass is 723 g/mol. The Labute approximate surface area is 299 Å². The highest BCUT2D eigenvalue weighted by molar-refractivity contribution is 7.47. The third-order valence-electron chi connectivity index (χ3n) is 8.82. The molecule has 0 aliphatic carbocycles. The first-order chi connectivity index (χ1) is 23.8. The normalized spacial score (nSPS) is 14.0. The summed E-state index contributed by atoms with van der Waals surface area (Å²) in [5.74, 6) is -1.03. The minimum Gasteiger partial charge on any atom is -0.457 e. The van der Waals surface area contributed by atoms with Crippen molar-refractivity contribution >= 4 is 19.8 Å². The number of hydrogen-bond donors (Lipinski definition) is 3. The molecule has 0 rings (SSSR count). The average molecular weight is 723 g/mol. The number of rotatable bonds is 38. The third-order valence-corrected chi connectivity index (χ3v) is 9.77. The second-order valence-corrected chi connectivity index (χ2v) is 15.1. The molecule has 0 aromatic heterocycles. The lowest BCUT2D eigenvalue weighted by Crippen LogP contribution is -2.28. The SMILES string of the molecule is CCCCCCCCCCCCCCCCCCCCCCCCC(=O)OC(CO)COP(=O)(O)OCC(CO)OC(=O)CCCCCC. The van der Waals surface area contributed by atoms with Crippen LogP contribution in [0, 0.1) is 0 Å². The Kier molecular flexibility index (Phi) is 34.6. The summed E-state index contributed by atoms with van der Waals surface area (Å²) in [6.45, 7) is 2.07. The molecule has 0 spiro atoms. The van der Waals surface area contributed by atoms with E-state index in [1.165, 1.54) is 116 Å². The number of aliphatic hydroxyl groups is 2. The molecule has 0 saturated carbocycles. The lowest BCUT2D eigenvalue weighted by atomic mass is 10.0. The Balaban J connectivity index is 3.73. The van der Waals surface area contributed by atoms with Crippen LogP contribution in [0.25, 0.3) is 0 Å². The van der Waals surface area contributed by atoms with Gasteiger partial charge in [-0.25, -0.2) is 4.57 Å². The number of hydrogen-bond acceptors (Lipinski definition) is 9. The van der Waals surface area contributed by atoms with Crippen LogP contribution in [0.3, 0.4) is 0 Å². The van der Waals surface area contributed by atoms with Gasteiger partial charge in [-0.05, 0) is 12.8 Å². The highest BCUT2D eigenvalue weighted by Gasteiger charge is 2.27. The van der Waals surface area contributed by atoms with Gasteiger partial charge in [-0.2, -0.15) is 0 Å². The molecular formula is C38H75O10P. The first-order valence-electron chi connectivity index (χ1n) is 20.0. The number of unbranched alkanes of at least 4 members (excludes halogenated alkanes) is 24. The van der Waals surface area contributed by atoms with Gasteiger partial charge in [0, 0.05) is 12.8 Å². The van der Waals surface area contributed by atoms with Crippen LogP contribution in [0.5, 0.6) is 0 Å². The number of aliphatic hydroxyl groups excluding tert-OH is 2. The van der Waals surface area contributed by atoms with E-state index in [1.807, 2.05) is 0 Å². The minimum absolute atomic E-state index is 0.187. The summed E-state index contributed by atoms with van der Waals surface area (Å²) in [6.07, 6.45) is 30.3. The van der Waals surface area contributed by atoms with Gasteiger partial charge in [0.25, 0.3) is 0 Å². The van der Waals surface area contributed by atoms with Crippen molar-refractivity contribution in [1.82, 2.24) is 0 Å². The summed E-state index contributed by atoms with van der Waals surface area (Å²) in [6, 6.07) is 0. The van der Waals surface area contributed by atoms with E-state index in [1.54, 1.807) is 0 Å². The van der Waals surface area contributed by atoms with Gasteiger partial charge in [0.05, 0.1) is 26.4 Å². The molecule has 0 fully saturated rings. The molecule has 49 heavy (non-hydrogen) atoms. The van der Waals surface area contributed by atoms with Gasteiger partial charge >= 0.3 is 19.8 Å². The highest BCUT2D eigenvalue weighted by atomic mass is 31.2. The van der Waals surface area contributed by atoms with E-state index in [0.29, 0.717) is 12.8 Å². The maximum atomic E-state index is 12.2. The third kappa shape index (κ3) is 33.9. The molecule has 0 aromatic carbocycles. The summed E-state index contributed by atoms with van der Waals surface area (Å²) in [4.78, 5) is 34.0. The standard InChI is InChI=1S/C38H75O10P/c1-3-5-7-9-10-11-12-13-14-15-16-17-18-19-20-21-22-23-24-25-26-28-30-38(42)48-36(32-40)34-46-49(43,44)45-33-35(31-39)47-37(41)29-27-8-6-4-2/h35-36,39-40H,3-34H2,1-2H3,(H,43,44). The highest BCUT2D eigenvalue weighted by Crippen LogP contribution is 2.43. The van der Waals surface area contributed by atoms with E-state index >= 15 is 0 Å². The topological polar surface area (TPSA) is 149 Å². The van der Waals surface area contributed by atoms with Crippen molar-refractivity contribution in [2.45, 2.75) is 206 Å². The summed E-state index contributed by atoms with van der Waals surface area (Å²) in [5.41, 5.74) is 0. The zero-order chi connectivity index (χ0) is 36.3. The second kappa shape index (κ2) is 35.4. The maximum Gasteiger partial charge on any atom is 0.472 e. The molecule has 292 valence electrons. The van der Waals surface area contributed by atoms with Gasteiger partial charge in [-0.3, -0.25) is 18.6 Å². The smallest absolute Gasteiger partial charge is 0.457 e. The van der Waals surface area contributed by atoms with E-state index < -0.39 is 58.4 Å². The van der Waals surface area contributed by atoms with Crippen LogP contribution >= 0.6 is 7.82 Å². The Morgan fingerprint density at radius 2 is 0.714 bits per heavy atom. The van der Waals surface area contributed by atoms with Crippen molar-refractivity contribution in [3.8, 4) is 0 Å². The molecule has 10 nitrogen and oxygen atoms in total. The van der Waals surface area contributed by atoms with Crippen LogP contribution in [0.1, 0.15) is 194 Å². The number of phosphoric ester groups is 1. The van der Waals surface area contributed by atoms with Crippen molar-refractivity contribution < 1.29 is 47.8 Å². The largest absolute Gasteiger partial charge is 0.472 e. The van der Waals surface area contributed by atoms with Crippen molar-refractivity contribution in [3.05, 3.63) is 0 Å². The zero-order valence-electron chi connectivity index (χ0n) is 31.4. The fraction of sp³-hybridized carbons (Fsp3) is 0.947. The molecule has 0 saturated heterocycles. The van der Waals surface area contributed by atoms with Gasteiger partial charge in [0.15, 0.2) is 0 Å². The fourth-order valence-corrected chi connectivity index (χ4v) is 6.49. The van der Waals surface area contributed by atoms with Crippen molar-refractivity contribution in [1.29, 1.82) is 0 Å². The van der Waals surface area contributed by atoms with Crippen LogP contribution in [-0.4, -0.2) is 65.7 Å². The van der Waals surface area contributed by atoms with E-state index in [-0.39, 0.29) is 12.8 Å². The molecule has 0 aliphatic rings. The first-order valence-corrected chi connectivity index (χ1v) is 21.5. The molecule has 3 unspecified atom stereocenters. The maximum absolute atomic E-state index is 12.2. The molecule has 0 aliphatic heterocycles. The van der Waals surface area contributed by atoms with Crippen molar-refractivity contribution in [3.63, 3.8) is 0 Å². The predicted molar refractivity (Wildman–Crippen MR) is 196 cm³/mol. The number of esters is 2. The van der Waals surface area contributed by atoms with E-state index in [9.17, 15) is 29.3 Å². The summed E-state index contributed by atoms with van der Waals surface area (Å²) in [7, 11) is -4.61. The van der Waals surface area contributed by atoms with Crippen molar-refractivity contribution in [2.24, 2.45) is 0 Å². The Morgan fingerprint density at radius 3 is 0.980 bits per heavy atom. The zero-order valence-corrected chi connectivity index (χ0v) is 32.3. The fourth-order valence-electron chi connectivity index (χ4n) is 5.70. The average Bonchev–Trinajstić information content (AvgIpc) is 3.09. The van der Waals surface area contributed by atoms with Gasteiger partial charge < -0.3 is 24.6 Å². The molecule has 0 radical (unpaired) electrons. The Bertz CT molecular complexity index is 796. The molecule has 3 N–H and O–H groups in total. The lowest BCUT2D eigenvalue weighted by Gasteiger charge is -2.20. The van der Waals surface area contributed by atoms with Gasteiger partial charge in [-0.1, -0.05) is 168 Å². The van der Waals surface area contributed by atoms with Crippen LogP contribution in [0.4, 0.5) is 0 Å². The Hall–Kier alpha value is -1.03. The summed E-state index contributed by atoms with van der Waals surface area (Å²) < 4.78 is 32.2. The van der Waals surface area contributed by atoms with Crippen LogP contribution in [-0.2, 0) is 32.7 Å². The number of carbonyl (C=O) groups excluding carboxylic acids is 2.